The monoisotopic (exact) mass is 167 g/mol. The number of aliphatic imine (C=N–C) groups is 1. The molecule has 12 heavy (non-hydrogen) atoms. The first-order valence-corrected chi connectivity index (χ1v) is 4.69. The Morgan fingerprint density at radius 2 is 2.33 bits per heavy atom. The van der Waals surface area contributed by atoms with Crippen LogP contribution in [-0.2, 0) is 0 Å². The van der Waals surface area contributed by atoms with Crippen LogP contribution in [0, 0.1) is 5.41 Å². The van der Waals surface area contributed by atoms with E-state index in [1.807, 2.05) is 0 Å². The molecule has 0 atom stereocenters. The van der Waals surface area contributed by atoms with Crippen LogP contribution in [0.4, 0.5) is 0 Å². The fourth-order valence-electron chi connectivity index (χ4n) is 1.41. The Bertz CT molecular complexity index is 206. The molecule has 0 radical (unpaired) electrons. The molecule has 2 rings (SSSR count). The third-order valence-corrected chi connectivity index (χ3v) is 2.84. The molecule has 1 heterocycles. The third kappa shape index (κ3) is 1.54. The van der Waals surface area contributed by atoms with Crippen molar-refractivity contribution in [2.24, 2.45) is 10.4 Å². The van der Waals surface area contributed by atoms with E-state index in [2.05, 4.69) is 29.2 Å². The largest absolute Gasteiger partial charge is 0.356 e. The highest BCUT2D eigenvalue weighted by Crippen LogP contribution is 2.44. The lowest BCUT2D eigenvalue weighted by molar-refractivity contribution is 0.500. The van der Waals surface area contributed by atoms with Gasteiger partial charge in [0.25, 0.3) is 0 Å². The average Bonchev–Trinajstić information content (AvgIpc) is 2.61. The van der Waals surface area contributed by atoms with Crippen molar-refractivity contribution < 1.29 is 0 Å². The predicted octanol–water partition coefficient (Wildman–Crippen LogP) is 0.677. The number of nitrogens with zero attached hydrogens (tertiary/aromatic N) is 2. The van der Waals surface area contributed by atoms with Gasteiger partial charge in [-0.25, -0.2) is 0 Å². The topological polar surface area (TPSA) is 27.6 Å². The summed E-state index contributed by atoms with van der Waals surface area (Å²) in [6, 6.07) is 0. The molecule has 1 aliphatic carbocycles. The van der Waals surface area contributed by atoms with Gasteiger partial charge in [-0.05, 0) is 18.3 Å². The van der Waals surface area contributed by atoms with Gasteiger partial charge in [-0.15, -0.1) is 0 Å². The second kappa shape index (κ2) is 2.64. The van der Waals surface area contributed by atoms with E-state index in [0.717, 1.165) is 25.6 Å². The molecule has 3 heteroatoms. The molecule has 0 aromatic rings. The summed E-state index contributed by atoms with van der Waals surface area (Å²) in [5.41, 5.74) is 0.575. The van der Waals surface area contributed by atoms with Crippen LogP contribution in [0.3, 0.4) is 0 Å². The van der Waals surface area contributed by atoms with Crippen LogP contribution >= 0.6 is 0 Å². The first-order chi connectivity index (χ1) is 5.70. The lowest BCUT2D eigenvalue weighted by atomic mass is 10.1. The summed E-state index contributed by atoms with van der Waals surface area (Å²) in [5, 5.41) is 3.41. The fraction of sp³-hybridized carbons (Fsp3) is 0.889. The van der Waals surface area contributed by atoms with E-state index < -0.39 is 0 Å². The van der Waals surface area contributed by atoms with Gasteiger partial charge in [0.05, 0.1) is 6.54 Å². The van der Waals surface area contributed by atoms with Gasteiger partial charge in [-0.2, -0.15) is 0 Å². The summed E-state index contributed by atoms with van der Waals surface area (Å²) in [4.78, 5) is 6.57. The van der Waals surface area contributed by atoms with E-state index in [4.69, 9.17) is 0 Å². The van der Waals surface area contributed by atoms with E-state index in [-0.39, 0.29) is 0 Å². The van der Waals surface area contributed by atoms with Gasteiger partial charge in [0, 0.05) is 20.1 Å². The quantitative estimate of drug-likeness (QED) is 0.655. The Kier molecular flexibility index (Phi) is 1.74. The van der Waals surface area contributed by atoms with Gasteiger partial charge in [-0.1, -0.05) is 6.92 Å². The molecule has 3 nitrogen and oxygen atoms in total. The summed E-state index contributed by atoms with van der Waals surface area (Å²) in [6.07, 6.45) is 2.74. The van der Waals surface area contributed by atoms with Gasteiger partial charge in [-0.3, -0.25) is 4.99 Å². The minimum Gasteiger partial charge on any atom is -0.356 e. The van der Waals surface area contributed by atoms with Gasteiger partial charge in [0.1, 0.15) is 0 Å². The number of hydrogen-bond acceptors (Lipinski definition) is 3. The maximum absolute atomic E-state index is 4.38. The SMILES string of the molecule is CN1CCN=C1NCC1(C)CC1. The van der Waals surface area contributed by atoms with Crippen molar-refractivity contribution in [1.29, 1.82) is 0 Å². The molecule has 1 N–H and O–H groups in total. The predicted molar refractivity (Wildman–Crippen MR) is 50.3 cm³/mol. The molecule has 0 aromatic heterocycles. The first kappa shape index (κ1) is 7.90. The fourth-order valence-corrected chi connectivity index (χ4v) is 1.41. The van der Waals surface area contributed by atoms with Gasteiger partial charge >= 0.3 is 0 Å². The first-order valence-electron chi connectivity index (χ1n) is 4.69. The molecule has 0 unspecified atom stereocenters. The van der Waals surface area contributed by atoms with E-state index in [9.17, 15) is 0 Å². The van der Waals surface area contributed by atoms with Crippen LogP contribution < -0.4 is 5.32 Å². The Morgan fingerprint density at radius 1 is 1.58 bits per heavy atom. The maximum atomic E-state index is 4.38. The zero-order chi connectivity index (χ0) is 8.60. The minimum atomic E-state index is 0.575. The number of nitrogens with one attached hydrogen (secondary N) is 1. The van der Waals surface area contributed by atoms with Crippen LogP contribution in [0.2, 0.25) is 0 Å². The molecule has 0 bridgehead atoms. The van der Waals surface area contributed by atoms with Crippen molar-refractivity contribution >= 4 is 5.96 Å². The van der Waals surface area contributed by atoms with Crippen LogP contribution in [0.5, 0.6) is 0 Å². The van der Waals surface area contributed by atoms with Crippen molar-refractivity contribution in [3.05, 3.63) is 0 Å². The number of hydrogen-bond donors (Lipinski definition) is 1. The molecule has 2 aliphatic rings. The molecule has 1 aliphatic heterocycles. The Morgan fingerprint density at radius 3 is 2.83 bits per heavy atom. The molecular weight excluding hydrogens is 150 g/mol. The van der Waals surface area contributed by atoms with Crippen LogP contribution in [0.25, 0.3) is 0 Å². The second-order valence-corrected chi connectivity index (χ2v) is 4.29. The molecule has 1 saturated carbocycles. The highest BCUT2D eigenvalue weighted by atomic mass is 15.3. The van der Waals surface area contributed by atoms with E-state index in [1.165, 1.54) is 12.8 Å². The molecule has 68 valence electrons. The molecule has 0 spiro atoms. The standard InChI is InChI=1S/C9H17N3/c1-9(3-4-9)7-11-8-10-5-6-12(8)2/h3-7H2,1-2H3,(H,10,11). The highest BCUT2D eigenvalue weighted by Gasteiger charge is 2.37. The van der Waals surface area contributed by atoms with E-state index >= 15 is 0 Å². The molecule has 0 aromatic carbocycles. The van der Waals surface area contributed by atoms with Crippen molar-refractivity contribution in [2.45, 2.75) is 19.8 Å². The number of guanidine groups is 1. The van der Waals surface area contributed by atoms with Crippen molar-refractivity contribution in [2.75, 3.05) is 26.7 Å². The maximum Gasteiger partial charge on any atom is 0.193 e. The number of likely N-dealkylation sites (N-methyl/N-ethyl adjacent to an activating group) is 1. The van der Waals surface area contributed by atoms with Gasteiger partial charge in [0.15, 0.2) is 5.96 Å². The normalized spacial score (nSPS) is 25.5. The summed E-state index contributed by atoms with van der Waals surface area (Å²) in [6.45, 7) is 5.44. The van der Waals surface area contributed by atoms with Gasteiger partial charge < -0.3 is 10.2 Å². The zero-order valence-corrected chi connectivity index (χ0v) is 7.93. The average molecular weight is 167 g/mol. The van der Waals surface area contributed by atoms with E-state index in [1.54, 1.807) is 0 Å². The third-order valence-electron chi connectivity index (χ3n) is 2.84. The second-order valence-electron chi connectivity index (χ2n) is 4.29. The van der Waals surface area contributed by atoms with Crippen LogP contribution in [-0.4, -0.2) is 37.5 Å². The molecular formula is C9H17N3. The van der Waals surface area contributed by atoms with Crippen LogP contribution in [0.15, 0.2) is 4.99 Å². The summed E-state index contributed by atoms with van der Waals surface area (Å²) in [5.74, 6) is 1.09. The smallest absolute Gasteiger partial charge is 0.193 e. The summed E-state index contributed by atoms with van der Waals surface area (Å²) < 4.78 is 0. The summed E-state index contributed by atoms with van der Waals surface area (Å²) >= 11 is 0. The molecule has 0 saturated heterocycles. The van der Waals surface area contributed by atoms with Crippen LogP contribution in [0.1, 0.15) is 19.8 Å². The van der Waals surface area contributed by atoms with E-state index in [0.29, 0.717) is 5.41 Å². The number of rotatable bonds is 2. The lowest BCUT2D eigenvalue weighted by Gasteiger charge is -2.17. The van der Waals surface area contributed by atoms with Crippen molar-refractivity contribution in [1.82, 2.24) is 10.2 Å². The van der Waals surface area contributed by atoms with Crippen molar-refractivity contribution in [3.63, 3.8) is 0 Å². The van der Waals surface area contributed by atoms with Gasteiger partial charge in [0.2, 0.25) is 0 Å². The lowest BCUT2D eigenvalue weighted by Crippen LogP contribution is -2.38. The highest BCUT2D eigenvalue weighted by molar-refractivity contribution is 5.81. The molecule has 0 amide bonds. The zero-order valence-electron chi connectivity index (χ0n) is 7.93. The van der Waals surface area contributed by atoms with Crippen molar-refractivity contribution in [3.8, 4) is 0 Å². The minimum absolute atomic E-state index is 0.575. The Hall–Kier alpha value is -0.730. The Labute approximate surface area is 73.9 Å². The molecule has 1 fully saturated rings. The summed E-state index contributed by atoms with van der Waals surface area (Å²) in [7, 11) is 2.09. The Balaban J connectivity index is 1.79.